The maximum absolute atomic E-state index is 12.9. The zero-order chi connectivity index (χ0) is 18.7. The molecule has 142 valence electrons. The molecule has 2 heterocycles. The second-order valence-electron chi connectivity index (χ2n) is 7.40. The molecule has 0 radical (unpaired) electrons. The van der Waals surface area contributed by atoms with Crippen LogP contribution >= 0.6 is 15.9 Å². The first-order valence-corrected chi connectivity index (χ1v) is 10.2. The molecule has 6 nitrogen and oxygen atoms in total. The van der Waals surface area contributed by atoms with Crippen LogP contribution in [0.5, 0.6) is 0 Å². The Morgan fingerprint density at radius 3 is 2.62 bits per heavy atom. The quantitative estimate of drug-likeness (QED) is 0.610. The summed E-state index contributed by atoms with van der Waals surface area (Å²) in [7, 11) is 0. The maximum atomic E-state index is 12.9. The van der Waals surface area contributed by atoms with E-state index in [0.717, 1.165) is 18.5 Å². The topological polar surface area (TPSA) is 73.5 Å². The zero-order valence-corrected chi connectivity index (χ0v) is 16.8. The van der Waals surface area contributed by atoms with E-state index in [-0.39, 0.29) is 34.8 Å². The number of halogens is 1. The number of rotatable bonds is 6. The molecule has 0 aliphatic carbocycles. The van der Waals surface area contributed by atoms with E-state index >= 15 is 0 Å². The van der Waals surface area contributed by atoms with Gasteiger partial charge in [-0.3, -0.25) is 15.0 Å². The van der Waals surface area contributed by atoms with E-state index in [9.17, 15) is 9.59 Å². The molecule has 0 spiro atoms. The minimum absolute atomic E-state index is 0.00680. The smallest absolute Gasteiger partial charge is 0.240 e. The van der Waals surface area contributed by atoms with Crippen LogP contribution in [0.15, 0.2) is 30.3 Å². The Morgan fingerprint density at radius 1 is 1.31 bits per heavy atom. The van der Waals surface area contributed by atoms with Crippen molar-refractivity contribution >= 4 is 27.7 Å². The highest BCUT2D eigenvalue weighted by molar-refractivity contribution is 9.09. The Labute approximate surface area is 163 Å². The lowest BCUT2D eigenvalue weighted by Crippen LogP contribution is -2.49. The molecule has 4 atom stereocenters. The fourth-order valence-corrected chi connectivity index (χ4v) is 4.71. The Bertz CT molecular complexity index is 640. The predicted molar refractivity (Wildman–Crippen MR) is 105 cm³/mol. The lowest BCUT2D eigenvalue weighted by Gasteiger charge is -2.27. The summed E-state index contributed by atoms with van der Waals surface area (Å²) in [5.74, 6) is 0.499. The summed E-state index contributed by atoms with van der Waals surface area (Å²) >= 11 is 3.67. The van der Waals surface area contributed by atoms with Crippen LogP contribution in [0.3, 0.4) is 0 Å². The number of hydrogen-bond acceptors (Lipinski definition) is 4. The summed E-state index contributed by atoms with van der Waals surface area (Å²) in [6.45, 7) is 5.52. The van der Waals surface area contributed by atoms with E-state index in [2.05, 4.69) is 45.9 Å². The third-order valence-corrected chi connectivity index (χ3v) is 6.26. The van der Waals surface area contributed by atoms with Crippen molar-refractivity contribution < 1.29 is 9.59 Å². The highest BCUT2D eigenvalue weighted by Gasteiger charge is 2.40. The first-order chi connectivity index (χ1) is 12.5. The van der Waals surface area contributed by atoms with Crippen LogP contribution in [-0.4, -0.2) is 46.7 Å². The van der Waals surface area contributed by atoms with Gasteiger partial charge in [-0.2, -0.15) is 0 Å². The van der Waals surface area contributed by atoms with Crippen LogP contribution < -0.4 is 16.2 Å². The summed E-state index contributed by atoms with van der Waals surface area (Å²) < 4.78 is 0. The summed E-state index contributed by atoms with van der Waals surface area (Å²) in [6, 6.07) is 9.46. The molecule has 3 rings (SSSR count). The van der Waals surface area contributed by atoms with Gasteiger partial charge in [0.15, 0.2) is 0 Å². The number of carbonyl (C=O) groups excluding carboxylic acids is 2. The monoisotopic (exact) mass is 422 g/mol. The molecule has 2 amide bonds. The van der Waals surface area contributed by atoms with Crippen LogP contribution in [0.4, 0.5) is 0 Å². The largest absolute Gasteiger partial charge is 0.346 e. The normalized spacial score (nSPS) is 27.2. The standard InChI is InChI=1S/C19H27BrN4O2/c1-12(2)17-16(20)18(23-22-17)19(26)21-14(13-7-4-3-5-8-13)11-24-10-6-9-15(24)25/h3-5,7-8,12,14,16-18,22-23H,6,9-11H2,1-2H3,(H,21,26). The van der Waals surface area contributed by atoms with Crippen LogP contribution in [0.25, 0.3) is 0 Å². The van der Waals surface area contributed by atoms with Crippen molar-refractivity contribution in [2.75, 3.05) is 13.1 Å². The van der Waals surface area contributed by atoms with Gasteiger partial charge in [-0.05, 0) is 17.9 Å². The van der Waals surface area contributed by atoms with Gasteiger partial charge >= 0.3 is 0 Å². The van der Waals surface area contributed by atoms with E-state index in [1.165, 1.54) is 0 Å². The van der Waals surface area contributed by atoms with Gasteiger partial charge in [0.2, 0.25) is 11.8 Å². The fraction of sp³-hybridized carbons (Fsp3) is 0.579. The molecule has 26 heavy (non-hydrogen) atoms. The van der Waals surface area contributed by atoms with Gasteiger partial charge in [-0.15, -0.1) is 0 Å². The van der Waals surface area contributed by atoms with E-state index in [1.54, 1.807) is 0 Å². The first-order valence-electron chi connectivity index (χ1n) is 9.25. The molecule has 2 aliphatic heterocycles. The molecule has 2 saturated heterocycles. The molecular formula is C19H27BrN4O2. The highest BCUT2D eigenvalue weighted by Crippen LogP contribution is 2.23. The van der Waals surface area contributed by atoms with Crippen molar-refractivity contribution in [3.63, 3.8) is 0 Å². The third kappa shape index (κ3) is 4.27. The second kappa shape index (κ2) is 8.50. The van der Waals surface area contributed by atoms with Gasteiger partial charge in [-0.25, -0.2) is 5.43 Å². The molecular weight excluding hydrogens is 396 g/mol. The van der Waals surface area contributed by atoms with Crippen LogP contribution in [-0.2, 0) is 9.59 Å². The molecule has 2 fully saturated rings. The van der Waals surface area contributed by atoms with Gasteiger partial charge in [0.1, 0.15) is 6.04 Å². The molecule has 3 N–H and O–H groups in total. The van der Waals surface area contributed by atoms with Gasteiger partial charge in [-0.1, -0.05) is 60.1 Å². The molecule has 2 aliphatic rings. The Kier molecular flexibility index (Phi) is 6.32. The summed E-state index contributed by atoms with van der Waals surface area (Å²) in [5, 5.41) is 3.15. The van der Waals surface area contributed by atoms with Crippen molar-refractivity contribution in [3.8, 4) is 0 Å². The Morgan fingerprint density at radius 2 is 2.04 bits per heavy atom. The number of hydrazine groups is 1. The number of benzene rings is 1. The lowest BCUT2D eigenvalue weighted by molar-refractivity contribution is -0.129. The molecule has 0 saturated carbocycles. The number of carbonyl (C=O) groups is 2. The number of nitrogens with zero attached hydrogens (tertiary/aromatic N) is 1. The number of nitrogens with one attached hydrogen (secondary N) is 3. The van der Waals surface area contributed by atoms with Crippen LogP contribution in [0.1, 0.15) is 38.3 Å². The number of likely N-dealkylation sites (tertiary alicyclic amines) is 1. The molecule has 4 unspecified atom stereocenters. The fourth-order valence-electron chi connectivity index (χ4n) is 3.60. The predicted octanol–water partition coefficient (Wildman–Crippen LogP) is 1.73. The van der Waals surface area contributed by atoms with Crippen LogP contribution in [0, 0.1) is 5.92 Å². The van der Waals surface area contributed by atoms with Crippen molar-refractivity contribution in [1.82, 2.24) is 21.1 Å². The molecule has 1 aromatic rings. The summed E-state index contributed by atoms with van der Waals surface area (Å²) in [5.41, 5.74) is 7.33. The number of amides is 2. The second-order valence-corrected chi connectivity index (χ2v) is 8.45. The lowest BCUT2D eigenvalue weighted by atomic mass is 9.98. The van der Waals surface area contributed by atoms with Crippen LogP contribution in [0.2, 0.25) is 0 Å². The van der Waals surface area contributed by atoms with E-state index in [0.29, 0.717) is 18.9 Å². The average molecular weight is 423 g/mol. The first kappa shape index (κ1) is 19.3. The highest BCUT2D eigenvalue weighted by atomic mass is 79.9. The van der Waals surface area contributed by atoms with Crippen molar-refractivity contribution in [2.45, 2.75) is 49.6 Å². The number of hydrogen-bond donors (Lipinski definition) is 3. The molecule has 7 heteroatoms. The van der Waals surface area contributed by atoms with E-state index in [1.807, 2.05) is 35.2 Å². The Balaban J connectivity index is 1.71. The zero-order valence-electron chi connectivity index (χ0n) is 15.2. The number of alkyl halides is 1. The average Bonchev–Trinajstić information content (AvgIpc) is 3.21. The van der Waals surface area contributed by atoms with E-state index in [4.69, 9.17) is 0 Å². The molecule has 0 bridgehead atoms. The minimum atomic E-state index is -0.358. The SMILES string of the molecule is CC(C)C1NNC(C(=O)NC(CN2CCCC2=O)c2ccccc2)C1Br. The maximum Gasteiger partial charge on any atom is 0.240 e. The summed E-state index contributed by atoms with van der Waals surface area (Å²) in [4.78, 5) is 26.8. The van der Waals surface area contributed by atoms with Gasteiger partial charge < -0.3 is 10.2 Å². The van der Waals surface area contributed by atoms with Gasteiger partial charge in [0.25, 0.3) is 0 Å². The van der Waals surface area contributed by atoms with Gasteiger partial charge in [0.05, 0.1) is 10.9 Å². The van der Waals surface area contributed by atoms with Crippen molar-refractivity contribution in [2.24, 2.45) is 5.92 Å². The van der Waals surface area contributed by atoms with Crippen molar-refractivity contribution in [3.05, 3.63) is 35.9 Å². The van der Waals surface area contributed by atoms with Crippen molar-refractivity contribution in [1.29, 1.82) is 0 Å². The molecule has 0 aromatic heterocycles. The third-order valence-electron chi connectivity index (χ3n) is 5.16. The minimum Gasteiger partial charge on any atom is -0.346 e. The Hall–Kier alpha value is -1.44. The molecule has 1 aromatic carbocycles. The van der Waals surface area contributed by atoms with Gasteiger partial charge in [0, 0.05) is 25.6 Å². The van der Waals surface area contributed by atoms with E-state index < -0.39 is 0 Å². The summed E-state index contributed by atoms with van der Waals surface area (Å²) in [6.07, 6.45) is 1.49.